The first-order chi connectivity index (χ1) is 8.08. The first-order valence-corrected chi connectivity index (χ1v) is 6.95. The molecular weight excluding hydrogens is 278 g/mol. The molecule has 1 amide bonds. The lowest BCUT2D eigenvalue weighted by Gasteiger charge is -2.19. The van der Waals surface area contributed by atoms with Gasteiger partial charge in [0.2, 0.25) is 5.91 Å². The number of benzene rings is 1. The van der Waals surface area contributed by atoms with Gasteiger partial charge in [0.1, 0.15) is 0 Å². The van der Waals surface area contributed by atoms with E-state index in [-0.39, 0.29) is 17.4 Å². The van der Waals surface area contributed by atoms with Crippen LogP contribution in [0.5, 0.6) is 0 Å². The highest BCUT2D eigenvalue weighted by atomic mass is 79.9. The Kier molecular flexibility index (Phi) is 3.57. The Bertz CT molecular complexity index is 409. The quantitative estimate of drug-likeness (QED) is 0.906. The fraction of sp³-hybridized carbons (Fsp3) is 0.500. The van der Waals surface area contributed by atoms with E-state index < -0.39 is 0 Å². The molecule has 1 fully saturated rings. The van der Waals surface area contributed by atoms with E-state index in [0.29, 0.717) is 0 Å². The topological polar surface area (TPSA) is 29.1 Å². The maximum Gasteiger partial charge on any atom is 0.230 e. The number of carbonyl (C=O) groups excluding carboxylic acids is 1. The van der Waals surface area contributed by atoms with Gasteiger partial charge in [0.25, 0.3) is 0 Å². The zero-order valence-electron chi connectivity index (χ0n) is 10.3. The molecule has 3 heteroatoms. The molecule has 0 spiro atoms. The van der Waals surface area contributed by atoms with Gasteiger partial charge in [0.15, 0.2) is 0 Å². The molecule has 1 aliphatic rings. The molecule has 2 rings (SSSR count). The summed E-state index contributed by atoms with van der Waals surface area (Å²) in [7, 11) is 0. The second-order valence-corrected chi connectivity index (χ2v) is 5.79. The lowest BCUT2D eigenvalue weighted by Crippen LogP contribution is -2.39. The third kappa shape index (κ3) is 2.54. The molecule has 1 aromatic carbocycles. The molecule has 0 saturated heterocycles. The fourth-order valence-electron chi connectivity index (χ4n) is 2.00. The van der Waals surface area contributed by atoms with E-state index in [1.54, 1.807) is 0 Å². The van der Waals surface area contributed by atoms with Crippen LogP contribution in [0, 0.1) is 0 Å². The van der Waals surface area contributed by atoms with Crippen molar-refractivity contribution >= 4 is 21.8 Å². The first-order valence-electron chi connectivity index (χ1n) is 6.15. The van der Waals surface area contributed by atoms with Crippen molar-refractivity contribution in [3.05, 3.63) is 34.3 Å². The summed E-state index contributed by atoms with van der Waals surface area (Å²) in [6.45, 7) is 4.14. The Labute approximate surface area is 111 Å². The van der Waals surface area contributed by atoms with Crippen LogP contribution < -0.4 is 5.32 Å². The van der Waals surface area contributed by atoms with Crippen molar-refractivity contribution in [1.82, 2.24) is 5.32 Å². The minimum Gasteiger partial charge on any atom is -0.353 e. The van der Waals surface area contributed by atoms with Gasteiger partial charge < -0.3 is 5.32 Å². The molecule has 1 atom stereocenters. The van der Waals surface area contributed by atoms with Gasteiger partial charge in [0.05, 0.1) is 5.41 Å². The average Bonchev–Trinajstić information content (AvgIpc) is 3.11. The van der Waals surface area contributed by atoms with Crippen LogP contribution in [0.4, 0.5) is 0 Å². The van der Waals surface area contributed by atoms with Gasteiger partial charge in [-0.05, 0) is 43.9 Å². The highest BCUT2D eigenvalue weighted by molar-refractivity contribution is 9.10. The maximum absolute atomic E-state index is 12.3. The summed E-state index contributed by atoms with van der Waals surface area (Å²) < 4.78 is 1.05. The van der Waals surface area contributed by atoms with Crippen molar-refractivity contribution in [3.63, 3.8) is 0 Å². The largest absolute Gasteiger partial charge is 0.353 e. The Morgan fingerprint density at radius 3 is 2.47 bits per heavy atom. The molecule has 1 aliphatic carbocycles. The molecule has 1 unspecified atom stereocenters. The lowest BCUT2D eigenvalue weighted by atomic mass is 9.94. The predicted molar refractivity (Wildman–Crippen MR) is 72.9 cm³/mol. The summed E-state index contributed by atoms with van der Waals surface area (Å²) in [6, 6.07) is 8.37. The number of nitrogens with one attached hydrogen (secondary N) is 1. The summed E-state index contributed by atoms with van der Waals surface area (Å²) in [6.07, 6.45) is 2.91. The van der Waals surface area contributed by atoms with E-state index in [4.69, 9.17) is 0 Å². The normalized spacial score (nSPS) is 18.5. The van der Waals surface area contributed by atoms with Crippen LogP contribution in [0.1, 0.15) is 38.7 Å². The highest BCUT2D eigenvalue weighted by Gasteiger charge is 2.51. The van der Waals surface area contributed by atoms with Gasteiger partial charge in [0, 0.05) is 10.5 Å². The lowest BCUT2D eigenvalue weighted by molar-refractivity contribution is -0.124. The Balaban J connectivity index is 2.14. The van der Waals surface area contributed by atoms with Crippen LogP contribution in [-0.4, -0.2) is 11.9 Å². The van der Waals surface area contributed by atoms with Gasteiger partial charge in [-0.3, -0.25) is 4.79 Å². The zero-order chi connectivity index (χ0) is 12.5. The second-order valence-electron chi connectivity index (χ2n) is 4.87. The summed E-state index contributed by atoms with van der Waals surface area (Å²) in [5, 5.41) is 3.09. The molecule has 2 nitrogen and oxygen atoms in total. The number of carbonyl (C=O) groups is 1. The number of amides is 1. The number of rotatable bonds is 4. The fourth-order valence-corrected chi connectivity index (χ4v) is 2.27. The Hall–Kier alpha value is -0.830. The van der Waals surface area contributed by atoms with Gasteiger partial charge in [-0.15, -0.1) is 0 Å². The van der Waals surface area contributed by atoms with E-state index in [1.807, 2.05) is 24.3 Å². The van der Waals surface area contributed by atoms with Crippen molar-refractivity contribution in [2.24, 2.45) is 0 Å². The summed E-state index contributed by atoms with van der Waals surface area (Å²) >= 11 is 3.42. The number of hydrogen-bond donors (Lipinski definition) is 1. The van der Waals surface area contributed by atoms with Crippen molar-refractivity contribution in [1.29, 1.82) is 0 Å². The molecule has 1 saturated carbocycles. The van der Waals surface area contributed by atoms with Crippen LogP contribution in [0.15, 0.2) is 28.7 Å². The SMILES string of the molecule is CCC(C)NC(=O)C1(c2ccc(Br)cc2)CC1. The van der Waals surface area contributed by atoms with Crippen molar-refractivity contribution in [3.8, 4) is 0 Å². The van der Waals surface area contributed by atoms with E-state index in [1.165, 1.54) is 0 Å². The van der Waals surface area contributed by atoms with Gasteiger partial charge in [-0.25, -0.2) is 0 Å². The smallest absolute Gasteiger partial charge is 0.230 e. The summed E-state index contributed by atoms with van der Waals surface area (Å²) in [5.41, 5.74) is 0.894. The van der Waals surface area contributed by atoms with Gasteiger partial charge in [-0.1, -0.05) is 35.0 Å². The van der Waals surface area contributed by atoms with Crippen molar-refractivity contribution in [2.75, 3.05) is 0 Å². The van der Waals surface area contributed by atoms with Crippen molar-refractivity contribution < 1.29 is 4.79 Å². The molecule has 0 bridgehead atoms. The first kappa shape index (κ1) is 12.6. The van der Waals surface area contributed by atoms with E-state index in [0.717, 1.165) is 29.3 Å². The molecule has 0 radical (unpaired) electrons. The average molecular weight is 296 g/mol. The van der Waals surface area contributed by atoms with Gasteiger partial charge in [-0.2, -0.15) is 0 Å². The van der Waals surface area contributed by atoms with E-state index >= 15 is 0 Å². The standard InChI is InChI=1S/C14H18BrNO/c1-3-10(2)16-13(17)14(8-9-14)11-4-6-12(15)7-5-11/h4-7,10H,3,8-9H2,1-2H3,(H,16,17). The molecule has 1 aromatic rings. The molecular formula is C14H18BrNO. The predicted octanol–water partition coefficient (Wildman–Crippen LogP) is 3.40. The monoisotopic (exact) mass is 295 g/mol. The molecule has 0 aliphatic heterocycles. The van der Waals surface area contributed by atoms with E-state index in [9.17, 15) is 4.79 Å². The highest BCUT2D eigenvalue weighted by Crippen LogP contribution is 2.48. The van der Waals surface area contributed by atoms with Crippen LogP contribution in [0.25, 0.3) is 0 Å². The molecule has 1 N–H and O–H groups in total. The zero-order valence-corrected chi connectivity index (χ0v) is 11.9. The van der Waals surface area contributed by atoms with Crippen molar-refractivity contribution in [2.45, 2.75) is 44.6 Å². The third-order valence-corrected chi connectivity index (χ3v) is 4.10. The number of halogens is 1. The third-order valence-electron chi connectivity index (χ3n) is 3.57. The molecule has 0 aromatic heterocycles. The van der Waals surface area contributed by atoms with Crippen LogP contribution in [0.2, 0.25) is 0 Å². The Morgan fingerprint density at radius 2 is 2.00 bits per heavy atom. The summed E-state index contributed by atoms with van der Waals surface area (Å²) in [5.74, 6) is 0.189. The molecule has 17 heavy (non-hydrogen) atoms. The minimum absolute atomic E-state index is 0.189. The number of hydrogen-bond acceptors (Lipinski definition) is 1. The maximum atomic E-state index is 12.3. The van der Waals surface area contributed by atoms with Crippen LogP contribution in [-0.2, 0) is 10.2 Å². The second kappa shape index (κ2) is 4.81. The molecule has 92 valence electrons. The van der Waals surface area contributed by atoms with E-state index in [2.05, 4.69) is 35.1 Å². The van der Waals surface area contributed by atoms with Crippen LogP contribution in [0.3, 0.4) is 0 Å². The molecule has 0 heterocycles. The summed E-state index contributed by atoms with van der Waals surface area (Å²) in [4.78, 5) is 12.3. The Morgan fingerprint density at radius 1 is 1.41 bits per heavy atom. The van der Waals surface area contributed by atoms with Crippen LogP contribution >= 0.6 is 15.9 Å². The van der Waals surface area contributed by atoms with Gasteiger partial charge >= 0.3 is 0 Å². The minimum atomic E-state index is -0.246.